The monoisotopic (exact) mass is 256 g/mol. The number of amides is 1. The lowest BCUT2D eigenvalue weighted by molar-refractivity contribution is 0.0825. The molecule has 0 atom stereocenters. The largest absolute Gasteiger partial charge is 0.456 e. The van der Waals surface area contributed by atoms with Crippen LogP contribution in [0.15, 0.2) is 48.5 Å². The van der Waals surface area contributed by atoms with E-state index < -0.39 is 0 Å². The topological polar surface area (TPSA) is 55.6 Å². The normalized spacial score (nSPS) is 10.0. The number of rotatable bonds is 3. The first-order chi connectivity index (χ1) is 9.08. The first-order valence-electron chi connectivity index (χ1n) is 5.92. The van der Waals surface area contributed by atoms with Crippen LogP contribution in [-0.2, 0) is 0 Å². The lowest BCUT2D eigenvalue weighted by atomic mass is 10.1. The predicted octanol–water partition coefficient (Wildman–Crippen LogP) is 2.76. The molecule has 1 amide bonds. The molecule has 0 radical (unpaired) electrons. The summed E-state index contributed by atoms with van der Waals surface area (Å²) in [4.78, 5) is 13.6. The van der Waals surface area contributed by atoms with Gasteiger partial charge in [0.2, 0.25) is 0 Å². The van der Waals surface area contributed by atoms with Crippen LogP contribution in [0.4, 0.5) is 5.69 Å². The fourth-order valence-corrected chi connectivity index (χ4v) is 1.66. The maximum atomic E-state index is 12.1. The van der Waals surface area contributed by atoms with Crippen LogP contribution < -0.4 is 10.5 Å². The molecule has 19 heavy (non-hydrogen) atoms. The first kappa shape index (κ1) is 13.0. The molecule has 2 aromatic rings. The molecular formula is C15H16N2O2. The molecule has 0 saturated carbocycles. The van der Waals surface area contributed by atoms with Crippen molar-refractivity contribution in [1.29, 1.82) is 0 Å². The number of ether oxygens (including phenoxy) is 1. The third kappa shape index (κ3) is 3.04. The number of para-hydroxylation sites is 1. The number of anilines is 1. The van der Waals surface area contributed by atoms with Crippen LogP contribution in [0.3, 0.4) is 0 Å². The standard InChI is InChI=1S/C15H16N2O2/c1-17(2)15(18)13-9-8-11(16)10-14(13)19-12-6-4-3-5-7-12/h3-10H,16H2,1-2H3. The zero-order valence-electron chi connectivity index (χ0n) is 11.0. The third-order valence-corrected chi connectivity index (χ3v) is 2.61. The Morgan fingerprint density at radius 3 is 2.42 bits per heavy atom. The zero-order chi connectivity index (χ0) is 13.8. The van der Waals surface area contributed by atoms with E-state index >= 15 is 0 Å². The minimum absolute atomic E-state index is 0.120. The van der Waals surface area contributed by atoms with E-state index in [1.807, 2.05) is 30.3 Å². The number of hydrogen-bond acceptors (Lipinski definition) is 3. The Labute approximate surface area is 112 Å². The van der Waals surface area contributed by atoms with Crippen molar-refractivity contribution in [3.63, 3.8) is 0 Å². The van der Waals surface area contributed by atoms with Gasteiger partial charge in [-0.25, -0.2) is 0 Å². The number of carbonyl (C=O) groups excluding carboxylic acids is 1. The molecule has 0 heterocycles. The molecule has 0 unspecified atom stereocenters. The van der Waals surface area contributed by atoms with Crippen LogP contribution in [0.5, 0.6) is 11.5 Å². The van der Waals surface area contributed by atoms with Gasteiger partial charge in [0.25, 0.3) is 5.91 Å². The number of carbonyl (C=O) groups is 1. The average Bonchev–Trinajstić information content (AvgIpc) is 2.39. The third-order valence-electron chi connectivity index (χ3n) is 2.61. The number of benzene rings is 2. The van der Waals surface area contributed by atoms with E-state index in [0.717, 1.165) is 0 Å². The van der Waals surface area contributed by atoms with Gasteiger partial charge in [0, 0.05) is 25.8 Å². The molecule has 4 heteroatoms. The van der Waals surface area contributed by atoms with Gasteiger partial charge in [-0.15, -0.1) is 0 Å². The van der Waals surface area contributed by atoms with Gasteiger partial charge >= 0.3 is 0 Å². The smallest absolute Gasteiger partial charge is 0.257 e. The summed E-state index contributed by atoms with van der Waals surface area (Å²) in [5.41, 5.74) is 6.80. The lowest BCUT2D eigenvalue weighted by Crippen LogP contribution is -2.22. The second kappa shape index (κ2) is 5.44. The van der Waals surface area contributed by atoms with Crippen molar-refractivity contribution in [2.24, 2.45) is 0 Å². The van der Waals surface area contributed by atoms with Gasteiger partial charge in [0.05, 0.1) is 5.56 Å². The molecule has 2 N–H and O–H groups in total. The van der Waals surface area contributed by atoms with E-state index in [-0.39, 0.29) is 5.91 Å². The molecule has 0 aliphatic carbocycles. The summed E-state index contributed by atoms with van der Waals surface area (Å²) < 4.78 is 5.73. The molecule has 0 saturated heterocycles. The molecule has 2 rings (SSSR count). The van der Waals surface area contributed by atoms with Crippen LogP contribution >= 0.6 is 0 Å². The van der Waals surface area contributed by atoms with Gasteiger partial charge < -0.3 is 15.4 Å². The van der Waals surface area contributed by atoms with Crippen molar-refractivity contribution < 1.29 is 9.53 Å². The maximum Gasteiger partial charge on any atom is 0.257 e. The van der Waals surface area contributed by atoms with Crippen LogP contribution in [0.2, 0.25) is 0 Å². The second-order valence-corrected chi connectivity index (χ2v) is 4.37. The van der Waals surface area contributed by atoms with Crippen molar-refractivity contribution in [1.82, 2.24) is 4.90 Å². The van der Waals surface area contributed by atoms with E-state index in [0.29, 0.717) is 22.7 Å². The molecule has 0 aliphatic heterocycles. The van der Waals surface area contributed by atoms with Gasteiger partial charge in [0.15, 0.2) is 0 Å². The summed E-state index contributed by atoms with van der Waals surface area (Å²) in [6.45, 7) is 0. The van der Waals surface area contributed by atoms with Crippen molar-refractivity contribution in [3.05, 3.63) is 54.1 Å². The minimum Gasteiger partial charge on any atom is -0.456 e. The molecule has 2 aromatic carbocycles. The first-order valence-corrected chi connectivity index (χ1v) is 5.92. The second-order valence-electron chi connectivity index (χ2n) is 4.37. The van der Waals surface area contributed by atoms with Gasteiger partial charge in [-0.1, -0.05) is 18.2 Å². The summed E-state index contributed by atoms with van der Waals surface area (Å²) in [5, 5.41) is 0. The van der Waals surface area contributed by atoms with E-state index in [4.69, 9.17) is 10.5 Å². The Morgan fingerprint density at radius 2 is 1.79 bits per heavy atom. The summed E-state index contributed by atoms with van der Waals surface area (Å²) in [6, 6.07) is 14.3. The van der Waals surface area contributed by atoms with Crippen LogP contribution in [0.25, 0.3) is 0 Å². The Morgan fingerprint density at radius 1 is 1.11 bits per heavy atom. The highest BCUT2D eigenvalue weighted by molar-refractivity contribution is 5.97. The van der Waals surface area contributed by atoms with Gasteiger partial charge in [-0.05, 0) is 24.3 Å². The SMILES string of the molecule is CN(C)C(=O)c1ccc(N)cc1Oc1ccccc1. The fraction of sp³-hybridized carbons (Fsp3) is 0.133. The van der Waals surface area contributed by atoms with Gasteiger partial charge in [0.1, 0.15) is 11.5 Å². The van der Waals surface area contributed by atoms with E-state index in [1.54, 1.807) is 32.3 Å². The summed E-state index contributed by atoms with van der Waals surface area (Å²) in [6.07, 6.45) is 0. The van der Waals surface area contributed by atoms with Gasteiger partial charge in [-0.3, -0.25) is 4.79 Å². The number of hydrogen-bond donors (Lipinski definition) is 1. The molecule has 0 spiro atoms. The molecule has 0 aliphatic rings. The van der Waals surface area contributed by atoms with Crippen molar-refractivity contribution in [2.75, 3.05) is 19.8 Å². The Kier molecular flexibility index (Phi) is 3.71. The lowest BCUT2D eigenvalue weighted by Gasteiger charge is -2.15. The van der Waals surface area contributed by atoms with Crippen molar-refractivity contribution in [3.8, 4) is 11.5 Å². The summed E-state index contributed by atoms with van der Waals surface area (Å²) in [5.74, 6) is 1.01. The maximum absolute atomic E-state index is 12.1. The van der Waals surface area contributed by atoms with E-state index in [9.17, 15) is 4.79 Å². The molecular weight excluding hydrogens is 240 g/mol. The van der Waals surface area contributed by atoms with Crippen molar-refractivity contribution >= 4 is 11.6 Å². The highest BCUT2D eigenvalue weighted by atomic mass is 16.5. The summed E-state index contributed by atoms with van der Waals surface area (Å²) in [7, 11) is 3.40. The van der Waals surface area contributed by atoms with Crippen LogP contribution in [0.1, 0.15) is 10.4 Å². The van der Waals surface area contributed by atoms with Crippen molar-refractivity contribution in [2.45, 2.75) is 0 Å². The fourth-order valence-electron chi connectivity index (χ4n) is 1.66. The average molecular weight is 256 g/mol. The van der Waals surface area contributed by atoms with Gasteiger partial charge in [-0.2, -0.15) is 0 Å². The molecule has 0 fully saturated rings. The Hall–Kier alpha value is -2.49. The molecule has 0 bridgehead atoms. The predicted molar refractivity (Wildman–Crippen MR) is 75.4 cm³/mol. The zero-order valence-corrected chi connectivity index (χ0v) is 11.0. The number of nitrogens with zero attached hydrogens (tertiary/aromatic N) is 1. The van der Waals surface area contributed by atoms with E-state index in [2.05, 4.69) is 0 Å². The Balaban J connectivity index is 2.38. The number of nitrogens with two attached hydrogens (primary N) is 1. The highest BCUT2D eigenvalue weighted by Crippen LogP contribution is 2.28. The minimum atomic E-state index is -0.120. The number of nitrogen functional groups attached to an aromatic ring is 1. The molecule has 4 nitrogen and oxygen atoms in total. The van der Waals surface area contributed by atoms with E-state index in [1.165, 1.54) is 4.90 Å². The highest BCUT2D eigenvalue weighted by Gasteiger charge is 2.15. The summed E-state index contributed by atoms with van der Waals surface area (Å²) >= 11 is 0. The van der Waals surface area contributed by atoms with Crippen LogP contribution in [0, 0.1) is 0 Å². The molecule has 98 valence electrons. The van der Waals surface area contributed by atoms with Crippen LogP contribution in [-0.4, -0.2) is 24.9 Å². The molecule has 0 aromatic heterocycles. The quantitative estimate of drug-likeness (QED) is 0.859. The Bertz CT molecular complexity index is 580.